The third-order valence-corrected chi connectivity index (χ3v) is 2.28. The van der Waals surface area contributed by atoms with Gasteiger partial charge in [-0.05, 0) is 25.1 Å². The molecule has 0 radical (unpaired) electrons. The molecule has 2 N–H and O–H groups in total. The first kappa shape index (κ1) is 12.1. The van der Waals surface area contributed by atoms with Crippen molar-refractivity contribution in [3.8, 4) is 0 Å². The zero-order valence-corrected chi connectivity index (χ0v) is 9.77. The van der Waals surface area contributed by atoms with Crippen LogP contribution in [-0.4, -0.2) is 35.0 Å². The van der Waals surface area contributed by atoms with Gasteiger partial charge in [0.25, 0.3) is 0 Å². The monoisotopic (exact) mass is 208 g/mol. The van der Waals surface area contributed by atoms with Gasteiger partial charge in [0.1, 0.15) is 5.82 Å². The van der Waals surface area contributed by atoms with Crippen molar-refractivity contribution in [1.82, 2.24) is 14.9 Å². The highest BCUT2D eigenvalue weighted by Crippen LogP contribution is 2.14. The summed E-state index contributed by atoms with van der Waals surface area (Å²) in [5.74, 6) is 0.854. The number of nitrogens with zero attached hydrogens (tertiary/aromatic N) is 3. The molecule has 4 nitrogen and oxygen atoms in total. The topological polar surface area (TPSA) is 55.0 Å². The lowest BCUT2D eigenvalue weighted by Crippen LogP contribution is -2.36. The zero-order valence-electron chi connectivity index (χ0n) is 9.77. The Labute approximate surface area is 91.5 Å². The number of aromatic nitrogens is 2. The summed E-state index contributed by atoms with van der Waals surface area (Å²) in [7, 11) is 2.06. The van der Waals surface area contributed by atoms with Crippen LogP contribution in [0.25, 0.3) is 0 Å². The van der Waals surface area contributed by atoms with Crippen molar-refractivity contribution in [3.05, 3.63) is 24.3 Å². The maximum atomic E-state index is 5.69. The van der Waals surface area contributed by atoms with Gasteiger partial charge in [0, 0.05) is 18.9 Å². The van der Waals surface area contributed by atoms with Gasteiger partial charge in [0.15, 0.2) is 0 Å². The Hall–Kier alpha value is -1.00. The van der Waals surface area contributed by atoms with Crippen LogP contribution < -0.4 is 5.73 Å². The summed E-state index contributed by atoms with van der Waals surface area (Å²) >= 11 is 0. The van der Waals surface area contributed by atoms with E-state index in [1.807, 2.05) is 6.07 Å². The van der Waals surface area contributed by atoms with E-state index in [0.717, 1.165) is 18.9 Å². The van der Waals surface area contributed by atoms with Gasteiger partial charge < -0.3 is 5.73 Å². The molecule has 0 aliphatic heterocycles. The van der Waals surface area contributed by atoms with E-state index in [4.69, 9.17) is 5.73 Å². The maximum absolute atomic E-state index is 5.69. The summed E-state index contributed by atoms with van der Waals surface area (Å²) < 4.78 is 0. The van der Waals surface area contributed by atoms with Crippen LogP contribution in [0.15, 0.2) is 18.5 Å². The van der Waals surface area contributed by atoms with Gasteiger partial charge in [-0.3, -0.25) is 4.90 Å². The molecule has 0 aromatic carbocycles. The molecule has 0 bridgehead atoms. The van der Waals surface area contributed by atoms with Gasteiger partial charge in [-0.15, -0.1) is 0 Å². The van der Waals surface area contributed by atoms with Crippen molar-refractivity contribution in [3.63, 3.8) is 0 Å². The van der Waals surface area contributed by atoms with Gasteiger partial charge in [0.05, 0.1) is 6.54 Å². The standard InChI is InChI=1S/C11H20N4/c1-11(2,8-12)9-15(3)7-10-13-5-4-6-14-10/h4-6H,7-9,12H2,1-3H3. The van der Waals surface area contributed by atoms with Crippen LogP contribution in [0, 0.1) is 5.41 Å². The molecule has 84 valence electrons. The van der Waals surface area contributed by atoms with Crippen molar-refractivity contribution in [2.24, 2.45) is 11.1 Å². The Morgan fingerprint density at radius 2 is 1.93 bits per heavy atom. The second kappa shape index (κ2) is 5.19. The quantitative estimate of drug-likeness (QED) is 0.781. The molecule has 1 aromatic heterocycles. The van der Waals surface area contributed by atoms with E-state index in [9.17, 15) is 0 Å². The van der Waals surface area contributed by atoms with Crippen LogP contribution in [0.1, 0.15) is 19.7 Å². The van der Waals surface area contributed by atoms with Crippen LogP contribution >= 0.6 is 0 Å². The summed E-state index contributed by atoms with van der Waals surface area (Å²) in [6, 6.07) is 1.83. The van der Waals surface area contributed by atoms with Gasteiger partial charge in [-0.1, -0.05) is 13.8 Å². The van der Waals surface area contributed by atoms with Crippen molar-refractivity contribution < 1.29 is 0 Å². The second-order valence-corrected chi connectivity index (χ2v) is 4.71. The lowest BCUT2D eigenvalue weighted by Gasteiger charge is -2.28. The summed E-state index contributed by atoms with van der Waals surface area (Å²) in [5, 5.41) is 0. The third-order valence-electron chi connectivity index (χ3n) is 2.28. The molecule has 1 aromatic rings. The average molecular weight is 208 g/mol. The Morgan fingerprint density at radius 3 is 2.47 bits per heavy atom. The SMILES string of the molecule is CN(Cc1ncccn1)CC(C)(C)CN. The lowest BCUT2D eigenvalue weighted by atomic mass is 9.93. The molecule has 0 spiro atoms. The van der Waals surface area contributed by atoms with E-state index in [1.54, 1.807) is 12.4 Å². The predicted octanol–water partition coefficient (Wildman–Crippen LogP) is 0.893. The molecule has 0 fully saturated rings. The molecular weight excluding hydrogens is 188 g/mol. The minimum atomic E-state index is 0.142. The van der Waals surface area contributed by atoms with Gasteiger partial charge >= 0.3 is 0 Å². The molecule has 0 saturated carbocycles. The Kier molecular flexibility index (Phi) is 4.17. The average Bonchev–Trinajstić information content (AvgIpc) is 2.18. The van der Waals surface area contributed by atoms with Crippen molar-refractivity contribution in [1.29, 1.82) is 0 Å². The number of nitrogens with two attached hydrogens (primary N) is 1. The molecule has 0 amide bonds. The molecule has 0 aliphatic carbocycles. The normalized spacial score (nSPS) is 12.1. The first-order chi connectivity index (χ1) is 7.03. The smallest absolute Gasteiger partial charge is 0.142 e. The first-order valence-corrected chi connectivity index (χ1v) is 5.18. The first-order valence-electron chi connectivity index (χ1n) is 5.18. The fourth-order valence-corrected chi connectivity index (χ4v) is 1.50. The van der Waals surface area contributed by atoms with Gasteiger partial charge in [-0.2, -0.15) is 0 Å². The van der Waals surface area contributed by atoms with Gasteiger partial charge in [0.2, 0.25) is 0 Å². The predicted molar refractivity (Wildman–Crippen MR) is 61.2 cm³/mol. The van der Waals surface area contributed by atoms with Crippen molar-refractivity contribution in [2.75, 3.05) is 20.1 Å². The minimum absolute atomic E-state index is 0.142. The molecule has 0 saturated heterocycles. The Bertz CT molecular complexity index is 284. The van der Waals surface area contributed by atoms with Crippen molar-refractivity contribution >= 4 is 0 Å². The summed E-state index contributed by atoms with van der Waals surface area (Å²) in [5.41, 5.74) is 5.83. The number of hydrogen-bond donors (Lipinski definition) is 1. The molecule has 0 aliphatic rings. The highest BCUT2D eigenvalue weighted by atomic mass is 15.1. The summed E-state index contributed by atoms with van der Waals surface area (Å²) in [6.45, 7) is 6.73. The zero-order chi connectivity index (χ0) is 11.3. The van der Waals surface area contributed by atoms with Crippen LogP contribution in [0.3, 0.4) is 0 Å². The van der Waals surface area contributed by atoms with Crippen LogP contribution in [0.2, 0.25) is 0 Å². The summed E-state index contributed by atoms with van der Waals surface area (Å²) in [6.07, 6.45) is 3.54. The van der Waals surface area contributed by atoms with Crippen LogP contribution in [0.5, 0.6) is 0 Å². The van der Waals surface area contributed by atoms with E-state index < -0.39 is 0 Å². The Balaban J connectivity index is 2.46. The van der Waals surface area contributed by atoms with E-state index in [-0.39, 0.29) is 5.41 Å². The fraction of sp³-hybridized carbons (Fsp3) is 0.636. The van der Waals surface area contributed by atoms with Crippen molar-refractivity contribution in [2.45, 2.75) is 20.4 Å². The molecular formula is C11H20N4. The largest absolute Gasteiger partial charge is 0.330 e. The fourth-order valence-electron chi connectivity index (χ4n) is 1.50. The maximum Gasteiger partial charge on any atom is 0.142 e. The van der Waals surface area contributed by atoms with E-state index in [0.29, 0.717) is 6.54 Å². The molecule has 1 heterocycles. The third kappa shape index (κ3) is 4.36. The highest BCUT2D eigenvalue weighted by molar-refractivity contribution is 4.88. The molecule has 4 heteroatoms. The second-order valence-electron chi connectivity index (χ2n) is 4.71. The Morgan fingerprint density at radius 1 is 1.33 bits per heavy atom. The summed E-state index contributed by atoms with van der Waals surface area (Å²) in [4.78, 5) is 10.6. The number of hydrogen-bond acceptors (Lipinski definition) is 4. The molecule has 0 unspecified atom stereocenters. The highest BCUT2D eigenvalue weighted by Gasteiger charge is 2.18. The van der Waals surface area contributed by atoms with E-state index in [1.165, 1.54) is 0 Å². The lowest BCUT2D eigenvalue weighted by molar-refractivity contribution is 0.206. The molecule has 15 heavy (non-hydrogen) atoms. The van der Waals surface area contributed by atoms with Crippen LogP contribution in [-0.2, 0) is 6.54 Å². The van der Waals surface area contributed by atoms with Gasteiger partial charge in [-0.25, -0.2) is 9.97 Å². The molecule has 0 atom stereocenters. The minimum Gasteiger partial charge on any atom is -0.330 e. The van der Waals surface area contributed by atoms with Crippen LogP contribution in [0.4, 0.5) is 0 Å². The number of rotatable bonds is 5. The molecule has 1 rings (SSSR count). The van der Waals surface area contributed by atoms with E-state index >= 15 is 0 Å². The van der Waals surface area contributed by atoms with E-state index in [2.05, 4.69) is 35.8 Å².